The van der Waals surface area contributed by atoms with E-state index < -0.39 is 0 Å². The first kappa shape index (κ1) is 11.6. The van der Waals surface area contributed by atoms with Gasteiger partial charge in [-0.25, -0.2) is 4.98 Å². The van der Waals surface area contributed by atoms with Crippen molar-refractivity contribution < 1.29 is 5.11 Å². The summed E-state index contributed by atoms with van der Waals surface area (Å²) >= 11 is 3.43. The highest BCUT2D eigenvalue weighted by atomic mass is 79.9. The highest BCUT2D eigenvalue weighted by molar-refractivity contribution is 9.10. The zero-order valence-corrected chi connectivity index (χ0v) is 10.6. The van der Waals surface area contributed by atoms with E-state index in [0.717, 1.165) is 15.8 Å². The summed E-state index contributed by atoms with van der Waals surface area (Å²) in [5.74, 6) is 0. The molecule has 2 aromatic heterocycles. The molecule has 0 spiro atoms. The molecule has 0 radical (unpaired) electrons. The molecule has 86 valence electrons. The Morgan fingerprint density at radius 1 is 1.56 bits per heavy atom. The Hall–Kier alpha value is -0.910. The Morgan fingerprint density at radius 2 is 2.38 bits per heavy atom. The molecule has 5 heteroatoms. The predicted molar refractivity (Wildman–Crippen MR) is 66.3 cm³/mol. The largest absolute Gasteiger partial charge is 0.392 e. The zero-order valence-electron chi connectivity index (χ0n) is 9.02. The highest BCUT2D eigenvalue weighted by Crippen LogP contribution is 2.13. The summed E-state index contributed by atoms with van der Waals surface area (Å²) < 4.78 is 3.05. The number of halogens is 1. The van der Waals surface area contributed by atoms with Crippen LogP contribution in [0.1, 0.15) is 12.6 Å². The zero-order chi connectivity index (χ0) is 11.5. The van der Waals surface area contributed by atoms with E-state index in [9.17, 15) is 0 Å². The molecule has 1 unspecified atom stereocenters. The maximum Gasteiger partial charge on any atom is 0.136 e. The third-order valence-corrected chi connectivity index (χ3v) is 2.76. The van der Waals surface area contributed by atoms with Crippen LogP contribution in [0.25, 0.3) is 5.65 Å². The second kappa shape index (κ2) is 4.95. The Kier molecular flexibility index (Phi) is 3.58. The van der Waals surface area contributed by atoms with E-state index in [4.69, 9.17) is 5.11 Å². The van der Waals surface area contributed by atoms with Crippen LogP contribution in [0.3, 0.4) is 0 Å². The first-order valence-corrected chi connectivity index (χ1v) is 5.96. The van der Waals surface area contributed by atoms with Crippen molar-refractivity contribution >= 4 is 21.6 Å². The lowest BCUT2D eigenvalue weighted by atomic mass is 10.4. The molecule has 0 amide bonds. The summed E-state index contributed by atoms with van der Waals surface area (Å²) in [7, 11) is 0. The fourth-order valence-electron chi connectivity index (χ4n) is 1.55. The van der Waals surface area contributed by atoms with E-state index in [-0.39, 0.29) is 6.10 Å². The van der Waals surface area contributed by atoms with Gasteiger partial charge in [0, 0.05) is 23.8 Å². The van der Waals surface area contributed by atoms with Crippen molar-refractivity contribution in [3.05, 3.63) is 34.7 Å². The Bertz CT molecular complexity index is 481. The van der Waals surface area contributed by atoms with E-state index in [1.807, 2.05) is 28.9 Å². The summed E-state index contributed by atoms with van der Waals surface area (Å²) in [6.45, 7) is 3.04. The second-order valence-electron chi connectivity index (χ2n) is 3.80. The molecule has 4 nitrogen and oxygen atoms in total. The van der Waals surface area contributed by atoms with Crippen LogP contribution in [0.2, 0.25) is 0 Å². The van der Waals surface area contributed by atoms with Crippen LogP contribution in [-0.2, 0) is 6.54 Å². The summed E-state index contributed by atoms with van der Waals surface area (Å²) in [5.41, 5.74) is 2.01. The number of nitrogens with zero attached hydrogens (tertiary/aromatic N) is 2. The molecular weight excluding hydrogens is 270 g/mol. The molecule has 0 bridgehead atoms. The fraction of sp³-hybridized carbons (Fsp3) is 0.364. The van der Waals surface area contributed by atoms with Crippen molar-refractivity contribution in [2.24, 2.45) is 0 Å². The molecule has 16 heavy (non-hydrogen) atoms. The molecule has 0 aliphatic carbocycles. The fourth-order valence-corrected chi connectivity index (χ4v) is 1.88. The van der Waals surface area contributed by atoms with Gasteiger partial charge in [0.25, 0.3) is 0 Å². The van der Waals surface area contributed by atoms with Crippen LogP contribution in [0, 0.1) is 0 Å². The average molecular weight is 284 g/mol. The van der Waals surface area contributed by atoms with Crippen molar-refractivity contribution in [3.8, 4) is 0 Å². The van der Waals surface area contributed by atoms with E-state index in [0.29, 0.717) is 13.1 Å². The number of rotatable bonds is 4. The predicted octanol–water partition coefficient (Wildman–Crippen LogP) is 1.57. The van der Waals surface area contributed by atoms with Gasteiger partial charge < -0.3 is 14.8 Å². The molecule has 1 atom stereocenters. The molecule has 2 aromatic rings. The molecular formula is C11H14BrN3O. The van der Waals surface area contributed by atoms with E-state index in [2.05, 4.69) is 26.2 Å². The van der Waals surface area contributed by atoms with Gasteiger partial charge >= 0.3 is 0 Å². The van der Waals surface area contributed by atoms with Gasteiger partial charge in [0.2, 0.25) is 0 Å². The molecule has 0 saturated carbocycles. The number of hydrogen-bond donors (Lipinski definition) is 2. The summed E-state index contributed by atoms with van der Waals surface area (Å²) in [6.07, 6.45) is 3.50. The quantitative estimate of drug-likeness (QED) is 0.896. The van der Waals surface area contributed by atoms with Crippen molar-refractivity contribution in [1.29, 1.82) is 0 Å². The summed E-state index contributed by atoms with van der Waals surface area (Å²) in [6, 6.07) is 3.93. The Morgan fingerprint density at radius 3 is 3.12 bits per heavy atom. The van der Waals surface area contributed by atoms with Crippen molar-refractivity contribution in [1.82, 2.24) is 14.7 Å². The van der Waals surface area contributed by atoms with Crippen molar-refractivity contribution in [3.63, 3.8) is 0 Å². The van der Waals surface area contributed by atoms with Gasteiger partial charge in [-0.3, -0.25) is 0 Å². The van der Waals surface area contributed by atoms with Crippen molar-refractivity contribution in [2.75, 3.05) is 6.54 Å². The maximum atomic E-state index is 9.15. The molecule has 2 N–H and O–H groups in total. The van der Waals surface area contributed by atoms with Gasteiger partial charge in [0.15, 0.2) is 0 Å². The minimum absolute atomic E-state index is 0.328. The first-order chi connectivity index (χ1) is 7.66. The van der Waals surface area contributed by atoms with Gasteiger partial charge in [0.05, 0.1) is 18.0 Å². The normalized spacial score (nSPS) is 13.2. The Labute approximate surface area is 102 Å². The van der Waals surface area contributed by atoms with Gasteiger partial charge in [-0.2, -0.15) is 0 Å². The average Bonchev–Trinajstić information content (AvgIpc) is 2.60. The van der Waals surface area contributed by atoms with Crippen LogP contribution in [-0.4, -0.2) is 27.1 Å². The van der Waals surface area contributed by atoms with Crippen LogP contribution >= 0.6 is 15.9 Å². The molecule has 0 aromatic carbocycles. The van der Waals surface area contributed by atoms with E-state index in [1.54, 1.807) is 6.92 Å². The van der Waals surface area contributed by atoms with E-state index in [1.165, 1.54) is 0 Å². The number of hydrogen-bond acceptors (Lipinski definition) is 3. The third-order valence-electron chi connectivity index (χ3n) is 2.29. The van der Waals surface area contributed by atoms with Crippen LogP contribution in [0.5, 0.6) is 0 Å². The lowest BCUT2D eigenvalue weighted by Gasteiger charge is -2.06. The number of fused-ring (bicyclic) bond motifs is 1. The van der Waals surface area contributed by atoms with Crippen LogP contribution in [0.15, 0.2) is 29.0 Å². The number of nitrogens with one attached hydrogen (secondary N) is 1. The molecule has 0 aliphatic heterocycles. The van der Waals surface area contributed by atoms with Crippen LogP contribution in [0.4, 0.5) is 0 Å². The van der Waals surface area contributed by atoms with Gasteiger partial charge in [0.1, 0.15) is 5.65 Å². The third kappa shape index (κ3) is 2.61. The Balaban J connectivity index is 2.15. The first-order valence-electron chi connectivity index (χ1n) is 5.17. The second-order valence-corrected chi connectivity index (χ2v) is 4.72. The standard InChI is InChI=1S/C11H14BrN3O/c1-8(16)4-13-5-10-6-14-11-3-2-9(12)7-15(10)11/h2-3,6-8,13,16H,4-5H2,1H3. The summed E-state index contributed by atoms with van der Waals surface area (Å²) in [4.78, 5) is 4.30. The SMILES string of the molecule is CC(O)CNCc1cnc2ccc(Br)cn12. The number of aromatic nitrogens is 2. The number of aliphatic hydroxyl groups excluding tert-OH is 1. The number of aliphatic hydroxyl groups is 1. The molecule has 2 heterocycles. The van der Waals surface area contributed by atoms with E-state index >= 15 is 0 Å². The lowest BCUT2D eigenvalue weighted by molar-refractivity contribution is 0.191. The highest BCUT2D eigenvalue weighted by Gasteiger charge is 2.03. The monoisotopic (exact) mass is 283 g/mol. The van der Waals surface area contributed by atoms with Crippen molar-refractivity contribution in [2.45, 2.75) is 19.6 Å². The maximum absolute atomic E-state index is 9.15. The molecule has 0 fully saturated rings. The van der Waals surface area contributed by atoms with Gasteiger partial charge in [-0.1, -0.05) is 0 Å². The number of pyridine rings is 1. The van der Waals surface area contributed by atoms with Crippen LogP contribution < -0.4 is 5.32 Å². The smallest absolute Gasteiger partial charge is 0.136 e. The molecule has 0 saturated heterocycles. The topological polar surface area (TPSA) is 49.6 Å². The van der Waals surface area contributed by atoms with Gasteiger partial charge in [-0.15, -0.1) is 0 Å². The number of imidazole rings is 1. The molecule has 2 rings (SSSR count). The van der Waals surface area contributed by atoms with Gasteiger partial charge in [-0.05, 0) is 35.0 Å². The molecule has 0 aliphatic rings. The summed E-state index contributed by atoms with van der Waals surface area (Å²) in [5, 5.41) is 12.3. The minimum atomic E-state index is -0.328. The minimum Gasteiger partial charge on any atom is -0.392 e. The lowest BCUT2D eigenvalue weighted by Crippen LogP contribution is -2.24.